The normalized spacial score (nSPS) is 13.0. The summed E-state index contributed by atoms with van der Waals surface area (Å²) < 4.78 is 8.87. The maximum Gasteiger partial charge on any atom is 0.355 e. The van der Waals surface area contributed by atoms with Gasteiger partial charge in [0.2, 0.25) is 5.91 Å². The third-order valence-electron chi connectivity index (χ3n) is 7.81. The van der Waals surface area contributed by atoms with Gasteiger partial charge in [-0.1, -0.05) is 66.2 Å². The van der Waals surface area contributed by atoms with Gasteiger partial charge in [0.25, 0.3) is 5.56 Å². The monoisotopic (exact) mass is 518 g/mol. The molecule has 2 aromatic heterocycles. The van der Waals surface area contributed by atoms with E-state index in [1.165, 1.54) is 10.1 Å². The molecule has 0 saturated heterocycles. The summed E-state index contributed by atoms with van der Waals surface area (Å²) in [6, 6.07) is 23.2. The number of esters is 1. The standard InChI is InChI=1S/C33H30N2O4/c1-21-15-17-22(18-16-21)30-25-11-3-4-12-26(25)32(37)34(2)31(30)33(38)39-20-19-29(36)35-27-13-7-5-9-23(27)24-10-6-8-14-28(24)35/h3-5,7,9,11-13,15-18H,6,8,10,14,19-20H2,1-2H3. The molecule has 0 atom stereocenters. The summed E-state index contributed by atoms with van der Waals surface area (Å²) in [4.78, 5) is 40.2. The highest BCUT2D eigenvalue weighted by atomic mass is 16.5. The number of hydrogen-bond acceptors (Lipinski definition) is 4. The fraction of sp³-hybridized carbons (Fsp3) is 0.242. The number of benzene rings is 3. The Morgan fingerprint density at radius 3 is 2.28 bits per heavy atom. The second-order valence-electron chi connectivity index (χ2n) is 10.3. The van der Waals surface area contributed by atoms with Gasteiger partial charge in [0.05, 0.1) is 11.9 Å². The summed E-state index contributed by atoms with van der Waals surface area (Å²) >= 11 is 0. The minimum absolute atomic E-state index is 0.0538. The van der Waals surface area contributed by atoms with Crippen LogP contribution in [0.5, 0.6) is 0 Å². The van der Waals surface area contributed by atoms with E-state index in [1.807, 2.05) is 72.2 Å². The van der Waals surface area contributed by atoms with Crippen molar-refractivity contribution >= 4 is 33.6 Å². The van der Waals surface area contributed by atoms with Crippen molar-refractivity contribution in [3.05, 3.63) is 106 Å². The lowest BCUT2D eigenvalue weighted by Gasteiger charge is -2.17. The van der Waals surface area contributed by atoms with Gasteiger partial charge in [0.1, 0.15) is 12.3 Å². The molecule has 0 saturated carbocycles. The van der Waals surface area contributed by atoms with Crippen molar-refractivity contribution in [2.24, 2.45) is 7.05 Å². The average Bonchev–Trinajstić information content (AvgIpc) is 3.30. The lowest BCUT2D eigenvalue weighted by atomic mass is 9.95. The molecule has 2 heterocycles. The van der Waals surface area contributed by atoms with Gasteiger partial charge < -0.3 is 9.30 Å². The molecule has 0 unspecified atom stereocenters. The summed E-state index contributed by atoms with van der Waals surface area (Å²) in [5.41, 5.74) is 5.73. The van der Waals surface area contributed by atoms with Crippen LogP contribution in [0, 0.1) is 6.92 Å². The molecule has 6 heteroatoms. The molecule has 0 N–H and O–H groups in total. The number of rotatable bonds is 5. The molecule has 0 spiro atoms. The van der Waals surface area contributed by atoms with Gasteiger partial charge in [-0.25, -0.2) is 4.79 Å². The van der Waals surface area contributed by atoms with Crippen LogP contribution in [0.1, 0.15) is 51.4 Å². The molecule has 6 nitrogen and oxygen atoms in total. The SMILES string of the molecule is Cc1ccc(-c2c(C(=O)OCCC(=O)n3c4c(c5ccccc53)CCCC4)n(C)c(=O)c3ccccc23)cc1. The zero-order chi connectivity index (χ0) is 27.1. The Morgan fingerprint density at radius 1 is 0.846 bits per heavy atom. The van der Waals surface area contributed by atoms with Crippen molar-refractivity contribution in [2.75, 3.05) is 6.61 Å². The number of para-hydroxylation sites is 1. The zero-order valence-corrected chi connectivity index (χ0v) is 22.2. The number of carbonyl (C=O) groups is 2. The molecule has 1 aliphatic rings. The second kappa shape index (κ2) is 10.0. The van der Waals surface area contributed by atoms with Crippen LogP contribution >= 0.6 is 0 Å². The Hall–Kier alpha value is -4.45. The molecular weight excluding hydrogens is 488 g/mol. The van der Waals surface area contributed by atoms with Crippen molar-refractivity contribution in [3.8, 4) is 11.1 Å². The topological polar surface area (TPSA) is 70.3 Å². The fourth-order valence-corrected chi connectivity index (χ4v) is 5.91. The number of ether oxygens (including phenoxy) is 1. The maximum atomic E-state index is 13.5. The van der Waals surface area contributed by atoms with Gasteiger partial charge in [0.15, 0.2) is 0 Å². The number of aryl methyl sites for hydroxylation is 2. The molecule has 0 fully saturated rings. The number of nitrogens with zero attached hydrogens (tertiary/aromatic N) is 2. The van der Waals surface area contributed by atoms with Gasteiger partial charge in [-0.3, -0.25) is 14.2 Å². The highest BCUT2D eigenvalue weighted by Crippen LogP contribution is 2.33. The molecule has 3 aromatic carbocycles. The van der Waals surface area contributed by atoms with E-state index in [-0.39, 0.29) is 30.2 Å². The Morgan fingerprint density at radius 2 is 1.51 bits per heavy atom. The van der Waals surface area contributed by atoms with Gasteiger partial charge in [0, 0.05) is 29.1 Å². The summed E-state index contributed by atoms with van der Waals surface area (Å²) in [7, 11) is 1.59. The Labute approximate surface area is 226 Å². The van der Waals surface area contributed by atoms with E-state index in [0.29, 0.717) is 16.3 Å². The molecule has 196 valence electrons. The van der Waals surface area contributed by atoms with E-state index < -0.39 is 5.97 Å². The van der Waals surface area contributed by atoms with Crippen LogP contribution in [0.3, 0.4) is 0 Å². The fourth-order valence-electron chi connectivity index (χ4n) is 5.91. The Balaban J connectivity index is 1.32. The third kappa shape index (κ3) is 4.26. The van der Waals surface area contributed by atoms with Crippen LogP contribution in [0.15, 0.2) is 77.6 Å². The minimum Gasteiger partial charge on any atom is -0.460 e. The predicted molar refractivity (Wildman–Crippen MR) is 153 cm³/mol. The quantitative estimate of drug-likeness (QED) is 0.259. The number of carbonyl (C=O) groups excluding carboxylic acids is 2. The first kappa shape index (κ1) is 24.9. The van der Waals surface area contributed by atoms with E-state index in [4.69, 9.17) is 4.74 Å². The van der Waals surface area contributed by atoms with Crippen molar-refractivity contribution in [2.45, 2.75) is 39.0 Å². The maximum absolute atomic E-state index is 13.5. The average molecular weight is 519 g/mol. The zero-order valence-electron chi connectivity index (χ0n) is 22.2. The largest absolute Gasteiger partial charge is 0.460 e. The summed E-state index contributed by atoms with van der Waals surface area (Å²) in [5.74, 6) is -0.712. The molecule has 0 aliphatic heterocycles. The Kier molecular flexibility index (Phi) is 6.39. The van der Waals surface area contributed by atoms with Crippen molar-refractivity contribution in [1.82, 2.24) is 9.13 Å². The molecule has 39 heavy (non-hydrogen) atoms. The summed E-state index contributed by atoms with van der Waals surface area (Å²) in [6.45, 7) is 1.92. The summed E-state index contributed by atoms with van der Waals surface area (Å²) in [6.07, 6.45) is 4.08. The van der Waals surface area contributed by atoms with Crippen LogP contribution in [-0.4, -0.2) is 27.6 Å². The number of hydrogen-bond donors (Lipinski definition) is 0. The lowest BCUT2D eigenvalue weighted by Crippen LogP contribution is -2.26. The highest BCUT2D eigenvalue weighted by Gasteiger charge is 2.25. The van der Waals surface area contributed by atoms with Gasteiger partial charge in [-0.15, -0.1) is 0 Å². The first-order valence-electron chi connectivity index (χ1n) is 13.5. The second-order valence-corrected chi connectivity index (χ2v) is 10.3. The van der Waals surface area contributed by atoms with Crippen molar-refractivity contribution < 1.29 is 14.3 Å². The van der Waals surface area contributed by atoms with Gasteiger partial charge >= 0.3 is 5.97 Å². The van der Waals surface area contributed by atoms with Crippen LogP contribution in [-0.2, 0) is 24.6 Å². The van der Waals surface area contributed by atoms with E-state index >= 15 is 0 Å². The van der Waals surface area contributed by atoms with Crippen LogP contribution in [0.4, 0.5) is 0 Å². The van der Waals surface area contributed by atoms with E-state index in [0.717, 1.165) is 53.4 Å². The van der Waals surface area contributed by atoms with E-state index in [1.54, 1.807) is 13.1 Å². The Bertz CT molecular complexity index is 1810. The number of pyridine rings is 1. The third-order valence-corrected chi connectivity index (χ3v) is 7.81. The summed E-state index contributed by atoms with van der Waals surface area (Å²) in [5, 5.41) is 2.36. The molecular formula is C33H30N2O4. The van der Waals surface area contributed by atoms with E-state index in [2.05, 4.69) is 6.07 Å². The molecule has 1 aliphatic carbocycles. The van der Waals surface area contributed by atoms with E-state index in [9.17, 15) is 14.4 Å². The first-order valence-corrected chi connectivity index (χ1v) is 13.5. The van der Waals surface area contributed by atoms with Crippen LogP contribution < -0.4 is 5.56 Å². The predicted octanol–water partition coefficient (Wildman–Crippen LogP) is 6.23. The molecule has 6 rings (SSSR count). The minimum atomic E-state index is -0.622. The molecule has 0 bridgehead atoms. The molecule has 0 amide bonds. The molecule has 5 aromatic rings. The van der Waals surface area contributed by atoms with Crippen LogP contribution in [0.25, 0.3) is 32.8 Å². The smallest absolute Gasteiger partial charge is 0.355 e. The first-order chi connectivity index (χ1) is 19.0. The van der Waals surface area contributed by atoms with Crippen molar-refractivity contribution in [1.29, 1.82) is 0 Å². The number of aromatic nitrogens is 2. The van der Waals surface area contributed by atoms with Crippen molar-refractivity contribution in [3.63, 3.8) is 0 Å². The van der Waals surface area contributed by atoms with Crippen LogP contribution in [0.2, 0.25) is 0 Å². The van der Waals surface area contributed by atoms with Gasteiger partial charge in [-0.2, -0.15) is 0 Å². The molecule has 0 radical (unpaired) electrons. The highest BCUT2D eigenvalue weighted by molar-refractivity contribution is 6.06. The number of fused-ring (bicyclic) bond motifs is 4. The van der Waals surface area contributed by atoms with Gasteiger partial charge in [-0.05, 0) is 61.3 Å². The lowest BCUT2D eigenvalue weighted by molar-refractivity contribution is 0.0479.